The van der Waals surface area contributed by atoms with Crippen LogP contribution in [0.15, 0.2) is 29.2 Å². The Morgan fingerprint density at radius 1 is 1.13 bits per heavy atom. The van der Waals surface area contributed by atoms with E-state index < -0.39 is 0 Å². The summed E-state index contributed by atoms with van der Waals surface area (Å²) in [5.41, 5.74) is 0.704. The van der Waals surface area contributed by atoms with E-state index in [1.54, 1.807) is 26.0 Å². The molecule has 3 heteroatoms. The van der Waals surface area contributed by atoms with Gasteiger partial charge in [-0.15, -0.1) is 11.8 Å². The van der Waals surface area contributed by atoms with Gasteiger partial charge in [0.2, 0.25) is 0 Å². The molecule has 1 aromatic rings. The molecule has 0 amide bonds. The second-order valence-corrected chi connectivity index (χ2v) is 4.87. The SMILES string of the molecule is CC(=O)c1ccc(SC(C)C(C)=O)cc1. The van der Waals surface area contributed by atoms with Crippen LogP contribution in [0.1, 0.15) is 31.1 Å². The molecular weight excluding hydrogens is 208 g/mol. The number of hydrogen-bond acceptors (Lipinski definition) is 3. The molecule has 1 atom stereocenters. The summed E-state index contributed by atoms with van der Waals surface area (Å²) in [7, 11) is 0. The molecule has 0 aliphatic carbocycles. The molecule has 1 unspecified atom stereocenters. The Labute approximate surface area is 94.1 Å². The quantitative estimate of drug-likeness (QED) is 0.580. The van der Waals surface area contributed by atoms with Crippen molar-refractivity contribution in [2.24, 2.45) is 0 Å². The molecule has 0 aromatic heterocycles. The number of rotatable bonds is 4. The lowest BCUT2D eigenvalue weighted by molar-refractivity contribution is -0.116. The monoisotopic (exact) mass is 222 g/mol. The number of hydrogen-bond donors (Lipinski definition) is 0. The first-order valence-corrected chi connectivity index (χ1v) is 5.67. The Hall–Kier alpha value is -1.09. The van der Waals surface area contributed by atoms with Gasteiger partial charge in [0.25, 0.3) is 0 Å². The number of Topliss-reactive ketones (excluding diaryl/α,β-unsaturated/α-hetero) is 2. The van der Waals surface area contributed by atoms with Crippen LogP contribution in [0.2, 0.25) is 0 Å². The van der Waals surface area contributed by atoms with Gasteiger partial charge >= 0.3 is 0 Å². The molecule has 0 saturated carbocycles. The molecule has 0 spiro atoms. The van der Waals surface area contributed by atoms with Crippen LogP contribution in [0.5, 0.6) is 0 Å². The largest absolute Gasteiger partial charge is 0.299 e. The highest BCUT2D eigenvalue weighted by Crippen LogP contribution is 2.23. The van der Waals surface area contributed by atoms with E-state index in [9.17, 15) is 9.59 Å². The number of benzene rings is 1. The maximum absolute atomic E-state index is 11.0. The number of thioether (sulfide) groups is 1. The fourth-order valence-corrected chi connectivity index (χ4v) is 1.92. The van der Waals surface area contributed by atoms with E-state index in [0.717, 1.165) is 4.90 Å². The van der Waals surface area contributed by atoms with E-state index in [1.165, 1.54) is 11.8 Å². The molecule has 0 N–H and O–H groups in total. The van der Waals surface area contributed by atoms with Crippen molar-refractivity contribution < 1.29 is 9.59 Å². The van der Waals surface area contributed by atoms with E-state index in [-0.39, 0.29) is 16.8 Å². The molecule has 1 aromatic carbocycles. The first-order valence-electron chi connectivity index (χ1n) is 4.79. The zero-order chi connectivity index (χ0) is 11.4. The maximum Gasteiger partial charge on any atom is 0.159 e. The maximum atomic E-state index is 11.0. The highest BCUT2D eigenvalue weighted by Gasteiger charge is 2.09. The normalized spacial score (nSPS) is 12.2. The lowest BCUT2D eigenvalue weighted by Crippen LogP contribution is -2.07. The van der Waals surface area contributed by atoms with Gasteiger partial charge in [-0.05, 0) is 32.9 Å². The molecule has 0 radical (unpaired) electrons. The van der Waals surface area contributed by atoms with Gasteiger partial charge in [-0.3, -0.25) is 9.59 Å². The summed E-state index contributed by atoms with van der Waals surface area (Å²) in [6.07, 6.45) is 0. The van der Waals surface area contributed by atoms with E-state index in [0.29, 0.717) is 5.56 Å². The molecule has 80 valence electrons. The van der Waals surface area contributed by atoms with Crippen LogP contribution >= 0.6 is 11.8 Å². The van der Waals surface area contributed by atoms with E-state index in [1.807, 2.05) is 19.1 Å². The van der Waals surface area contributed by atoms with Crippen LogP contribution in [-0.2, 0) is 4.79 Å². The second-order valence-electron chi connectivity index (χ2n) is 3.45. The minimum absolute atomic E-state index is 0.0341. The molecule has 0 aliphatic heterocycles. The summed E-state index contributed by atoms with van der Waals surface area (Å²) in [6, 6.07) is 7.33. The Kier molecular flexibility index (Phi) is 4.09. The third kappa shape index (κ3) is 3.51. The third-order valence-electron chi connectivity index (χ3n) is 2.15. The van der Waals surface area contributed by atoms with Crippen LogP contribution in [-0.4, -0.2) is 16.8 Å². The lowest BCUT2D eigenvalue weighted by Gasteiger charge is -2.07. The molecular formula is C12H14O2S. The standard InChI is InChI=1S/C12H14O2S/c1-8(13)10(3)15-12-6-4-11(5-7-12)9(2)14/h4-7,10H,1-3H3. The molecule has 0 fully saturated rings. The second kappa shape index (κ2) is 5.12. The minimum Gasteiger partial charge on any atom is -0.299 e. The summed E-state index contributed by atoms with van der Waals surface area (Å²) in [6.45, 7) is 5.01. The Morgan fingerprint density at radius 3 is 2.07 bits per heavy atom. The molecule has 2 nitrogen and oxygen atoms in total. The fraction of sp³-hybridized carbons (Fsp3) is 0.333. The van der Waals surface area contributed by atoms with Crippen molar-refractivity contribution >= 4 is 23.3 Å². The molecule has 0 bridgehead atoms. The van der Waals surface area contributed by atoms with Gasteiger partial charge in [0.05, 0.1) is 5.25 Å². The smallest absolute Gasteiger partial charge is 0.159 e. The van der Waals surface area contributed by atoms with Crippen LogP contribution in [0.4, 0.5) is 0 Å². The van der Waals surface area contributed by atoms with Gasteiger partial charge in [0.15, 0.2) is 5.78 Å². The first-order chi connectivity index (χ1) is 7.00. The first kappa shape index (κ1) is 12.0. The summed E-state index contributed by atoms with van der Waals surface area (Å²) in [5.74, 6) is 0.224. The zero-order valence-electron chi connectivity index (χ0n) is 9.11. The number of ketones is 2. The highest BCUT2D eigenvalue weighted by atomic mass is 32.2. The summed E-state index contributed by atoms with van der Waals surface area (Å²) >= 11 is 1.51. The molecule has 0 aliphatic rings. The minimum atomic E-state index is -0.0341. The van der Waals surface area contributed by atoms with Crippen LogP contribution in [0.3, 0.4) is 0 Å². The van der Waals surface area contributed by atoms with Gasteiger partial charge in [0.1, 0.15) is 5.78 Å². The van der Waals surface area contributed by atoms with Gasteiger partial charge in [-0.25, -0.2) is 0 Å². The third-order valence-corrected chi connectivity index (χ3v) is 3.38. The Morgan fingerprint density at radius 2 is 1.67 bits per heavy atom. The average molecular weight is 222 g/mol. The van der Waals surface area contributed by atoms with E-state index in [4.69, 9.17) is 0 Å². The predicted molar refractivity (Wildman–Crippen MR) is 62.4 cm³/mol. The van der Waals surface area contributed by atoms with E-state index >= 15 is 0 Å². The van der Waals surface area contributed by atoms with Crippen molar-refractivity contribution in [1.82, 2.24) is 0 Å². The van der Waals surface area contributed by atoms with Crippen LogP contribution in [0.25, 0.3) is 0 Å². The van der Waals surface area contributed by atoms with Gasteiger partial charge < -0.3 is 0 Å². The van der Waals surface area contributed by atoms with Crippen molar-refractivity contribution in [3.8, 4) is 0 Å². The Balaban J connectivity index is 2.72. The van der Waals surface area contributed by atoms with Crippen molar-refractivity contribution in [1.29, 1.82) is 0 Å². The molecule has 0 heterocycles. The van der Waals surface area contributed by atoms with Crippen molar-refractivity contribution in [3.63, 3.8) is 0 Å². The van der Waals surface area contributed by atoms with Gasteiger partial charge in [-0.1, -0.05) is 12.1 Å². The number of carbonyl (C=O) groups is 2. The molecule has 1 rings (SSSR count). The summed E-state index contributed by atoms with van der Waals surface area (Å²) in [4.78, 5) is 23.1. The van der Waals surface area contributed by atoms with Crippen molar-refractivity contribution in [3.05, 3.63) is 29.8 Å². The van der Waals surface area contributed by atoms with Crippen LogP contribution < -0.4 is 0 Å². The van der Waals surface area contributed by atoms with Crippen LogP contribution in [0, 0.1) is 0 Å². The lowest BCUT2D eigenvalue weighted by atomic mass is 10.2. The van der Waals surface area contributed by atoms with E-state index in [2.05, 4.69) is 0 Å². The summed E-state index contributed by atoms with van der Waals surface area (Å²) in [5, 5.41) is -0.0341. The topological polar surface area (TPSA) is 34.1 Å². The Bertz CT molecular complexity index is 368. The van der Waals surface area contributed by atoms with Crippen molar-refractivity contribution in [2.75, 3.05) is 0 Å². The predicted octanol–water partition coefficient (Wildman–Crippen LogP) is 2.96. The zero-order valence-corrected chi connectivity index (χ0v) is 9.93. The molecule has 0 saturated heterocycles. The highest BCUT2D eigenvalue weighted by molar-refractivity contribution is 8.00. The van der Waals surface area contributed by atoms with Gasteiger partial charge in [-0.2, -0.15) is 0 Å². The number of carbonyl (C=O) groups excluding carboxylic acids is 2. The van der Waals surface area contributed by atoms with Crippen molar-refractivity contribution in [2.45, 2.75) is 30.9 Å². The van der Waals surface area contributed by atoms with Gasteiger partial charge in [0, 0.05) is 10.5 Å². The molecule has 15 heavy (non-hydrogen) atoms. The fourth-order valence-electron chi connectivity index (χ4n) is 1.06. The summed E-state index contributed by atoms with van der Waals surface area (Å²) < 4.78 is 0. The average Bonchev–Trinajstić information content (AvgIpc) is 2.18.